The van der Waals surface area contributed by atoms with Crippen molar-refractivity contribution < 1.29 is 4.79 Å². The van der Waals surface area contributed by atoms with Crippen molar-refractivity contribution in [1.82, 2.24) is 4.90 Å². The highest BCUT2D eigenvalue weighted by atomic mass is 16.2. The van der Waals surface area contributed by atoms with Crippen molar-refractivity contribution >= 4 is 5.91 Å². The number of carbonyl (C=O) groups is 1. The lowest BCUT2D eigenvalue weighted by Gasteiger charge is -2.29. The number of likely N-dealkylation sites (N-methyl/N-ethyl adjacent to an activating group) is 1. The summed E-state index contributed by atoms with van der Waals surface area (Å²) < 4.78 is 0. The fourth-order valence-electron chi connectivity index (χ4n) is 2.17. The molecule has 82 valence electrons. The van der Waals surface area contributed by atoms with Crippen molar-refractivity contribution in [3.8, 4) is 0 Å². The second-order valence-corrected chi connectivity index (χ2v) is 4.21. The molecule has 3 nitrogen and oxygen atoms in total. The van der Waals surface area contributed by atoms with E-state index in [4.69, 9.17) is 5.73 Å². The zero-order chi connectivity index (χ0) is 10.4. The minimum absolute atomic E-state index is 0.0792. The molecule has 0 bridgehead atoms. The Morgan fingerprint density at radius 3 is 2.21 bits per heavy atom. The molecular weight excluding hydrogens is 176 g/mol. The van der Waals surface area contributed by atoms with Gasteiger partial charge < -0.3 is 10.6 Å². The monoisotopic (exact) mass is 198 g/mol. The minimum Gasteiger partial charge on any atom is -0.342 e. The average Bonchev–Trinajstić information content (AvgIpc) is 2.15. The molecule has 1 fully saturated rings. The number of carbonyl (C=O) groups excluding carboxylic acids is 1. The van der Waals surface area contributed by atoms with E-state index in [-0.39, 0.29) is 12.5 Å². The van der Waals surface area contributed by atoms with E-state index in [0.29, 0.717) is 6.04 Å². The van der Waals surface area contributed by atoms with E-state index in [1.807, 2.05) is 11.9 Å². The summed E-state index contributed by atoms with van der Waals surface area (Å²) in [7, 11) is 1.89. The van der Waals surface area contributed by atoms with Crippen LogP contribution in [-0.4, -0.2) is 30.4 Å². The quantitative estimate of drug-likeness (QED) is 0.731. The maximum Gasteiger partial charge on any atom is 0.236 e. The molecule has 1 aliphatic rings. The summed E-state index contributed by atoms with van der Waals surface area (Å²) in [6, 6.07) is 0.436. The SMILES string of the molecule is CN(C(=O)CN)C1CCCCCCC1. The maximum atomic E-state index is 11.4. The van der Waals surface area contributed by atoms with Gasteiger partial charge in [0.25, 0.3) is 0 Å². The standard InChI is InChI=1S/C11H22N2O/c1-13(11(14)9-12)10-7-5-3-2-4-6-8-10/h10H,2-9,12H2,1H3. The molecule has 14 heavy (non-hydrogen) atoms. The predicted molar refractivity (Wildman–Crippen MR) is 57.9 cm³/mol. The van der Waals surface area contributed by atoms with Crippen molar-refractivity contribution in [1.29, 1.82) is 0 Å². The zero-order valence-corrected chi connectivity index (χ0v) is 9.17. The summed E-state index contributed by atoms with van der Waals surface area (Å²) in [6.45, 7) is 0.146. The van der Waals surface area contributed by atoms with Crippen LogP contribution in [0.5, 0.6) is 0 Å². The first-order valence-corrected chi connectivity index (χ1v) is 5.71. The van der Waals surface area contributed by atoms with Gasteiger partial charge in [-0.05, 0) is 12.8 Å². The Labute approximate surface area is 86.6 Å². The smallest absolute Gasteiger partial charge is 0.236 e. The lowest BCUT2D eigenvalue weighted by molar-refractivity contribution is -0.130. The Bertz CT molecular complexity index is 174. The van der Waals surface area contributed by atoms with Gasteiger partial charge in [0.15, 0.2) is 0 Å². The molecule has 1 rings (SSSR count). The molecule has 1 aliphatic carbocycles. The second-order valence-electron chi connectivity index (χ2n) is 4.21. The molecule has 0 aromatic carbocycles. The van der Waals surface area contributed by atoms with Gasteiger partial charge >= 0.3 is 0 Å². The summed E-state index contributed by atoms with van der Waals surface area (Å²) in [4.78, 5) is 13.3. The number of amides is 1. The number of rotatable bonds is 2. The van der Waals surface area contributed by atoms with E-state index in [1.54, 1.807) is 0 Å². The molecule has 0 heterocycles. The molecule has 0 unspecified atom stereocenters. The number of nitrogens with zero attached hydrogens (tertiary/aromatic N) is 1. The van der Waals surface area contributed by atoms with Gasteiger partial charge in [0, 0.05) is 13.1 Å². The Morgan fingerprint density at radius 2 is 1.71 bits per heavy atom. The topological polar surface area (TPSA) is 46.3 Å². The number of hydrogen-bond acceptors (Lipinski definition) is 2. The highest BCUT2D eigenvalue weighted by molar-refractivity contribution is 5.78. The molecule has 3 heteroatoms. The molecule has 1 amide bonds. The van der Waals surface area contributed by atoms with Crippen molar-refractivity contribution in [2.45, 2.75) is 51.0 Å². The molecule has 2 N–H and O–H groups in total. The molecule has 0 aliphatic heterocycles. The summed E-state index contributed by atoms with van der Waals surface area (Å²) >= 11 is 0. The second kappa shape index (κ2) is 6.02. The van der Waals surface area contributed by atoms with Crippen molar-refractivity contribution in [3.63, 3.8) is 0 Å². The molecule has 0 saturated heterocycles. The predicted octanol–water partition coefficient (Wildman–Crippen LogP) is 1.52. The van der Waals surface area contributed by atoms with Crippen LogP contribution in [-0.2, 0) is 4.79 Å². The first-order valence-electron chi connectivity index (χ1n) is 5.71. The summed E-state index contributed by atoms with van der Waals surface area (Å²) in [5, 5.41) is 0. The molecule has 0 aromatic rings. The van der Waals surface area contributed by atoms with Gasteiger partial charge in [-0.1, -0.05) is 32.1 Å². The Balaban J connectivity index is 2.42. The van der Waals surface area contributed by atoms with Gasteiger partial charge in [0.1, 0.15) is 0 Å². The normalized spacial score (nSPS) is 19.9. The third-order valence-corrected chi connectivity index (χ3v) is 3.19. The molecule has 0 radical (unpaired) electrons. The Morgan fingerprint density at radius 1 is 1.21 bits per heavy atom. The lowest BCUT2D eigenvalue weighted by Crippen LogP contribution is -2.40. The van der Waals surface area contributed by atoms with Gasteiger partial charge in [-0.25, -0.2) is 0 Å². The van der Waals surface area contributed by atoms with E-state index in [1.165, 1.54) is 32.1 Å². The van der Waals surface area contributed by atoms with Gasteiger partial charge in [-0.2, -0.15) is 0 Å². The molecule has 0 spiro atoms. The van der Waals surface area contributed by atoms with E-state index in [2.05, 4.69) is 0 Å². The highest BCUT2D eigenvalue weighted by Crippen LogP contribution is 2.20. The van der Waals surface area contributed by atoms with Crippen molar-refractivity contribution in [3.05, 3.63) is 0 Å². The van der Waals surface area contributed by atoms with Crippen LogP contribution in [0.3, 0.4) is 0 Å². The summed E-state index contributed by atoms with van der Waals surface area (Å²) in [5.41, 5.74) is 5.36. The first-order chi connectivity index (χ1) is 6.75. The van der Waals surface area contributed by atoms with Gasteiger partial charge in [-0.3, -0.25) is 4.79 Å². The third-order valence-electron chi connectivity index (χ3n) is 3.19. The van der Waals surface area contributed by atoms with Crippen LogP contribution < -0.4 is 5.73 Å². The van der Waals surface area contributed by atoms with Crippen LogP contribution >= 0.6 is 0 Å². The van der Waals surface area contributed by atoms with E-state index in [9.17, 15) is 4.79 Å². The lowest BCUT2D eigenvalue weighted by atomic mass is 9.96. The number of hydrogen-bond donors (Lipinski definition) is 1. The summed E-state index contributed by atoms with van der Waals surface area (Å²) in [5.74, 6) is 0.0792. The average molecular weight is 198 g/mol. The summed E-state index contributed by atoms with van der Waals surface area (Å²) in [6.07, 6.45) is 8.83. The van der Waals surface area contributed by atoms with Gasteiger partial charge in [0.2, 0.25) is 5.91 Å². The van der Waals surface area contributed by atoms with E-state index < -0.39 is 0 Å². The van der Waals surface area contributed by atoms with Crippen molar-refractivity contribution in [2.24, 2.45) is 5.73 Å². The van der Waals surface area contributed by atoms with E-state index in [0.717, 1.165) is 12.8 Å². The van der Waals surface area contributed by atoms with E-state index >= 15 is 0 Å². The molecule has 0 atom stereocenters. The molecular formula is C11H22N2O. The van der Waals surface area contributed by atoms with Crippen LogP contribution in [0.25, 0.3) is 0 Å². The highest BCUT2D eigenvalue weighted by Gasteiger charge is 2.19. The van der Waals surface area contributed by atoms with Crippen LogP contribution in [0.1, 0.15) is 44.9 Å². The minimum atomic E-state index is 0.0792. The van der Waals surface area contributed by atoms with Gasteiger partial charge in [-0.15, -0.1) is 0 Å². The Kier molecular flexibility index (Phi) is 4.94. The Hall–Kier alpha value is -0.570. The fraction of sp³-hybridized carbons (Fsp3) is 0.909. The van der Waals surface area contributed by atoms with Crippen molar-refractivity contribution in [2.75, 3.05) is 13.6 Å². The van der Waals surface area contributed by atoms with Crippen LogP contribution in [0, 0.1) is 0 Å². The number of nitrogens with two attached hydrogens (primary N) is 1. The van der Waals surface area contributed by atoms with Gasteiger partial charge in [0.05, 0.1) is 6.54 Å². The fourth-order valence-corrected chi connectivity index (χ4v) is 2.17. The van der Waals surface area contributed by atoms with Crippen LogP contribution in [0.2, 0.25) is 0 Å². The molecule has 1 saturated carbocycles. The zero-order valence-electron chi connectivity index (χ0n) is 9.17. The largest absolute Gasteiger partial charge is 0.342 e. The maximum absolute atomic E-state index is 11.4. The third kappa shape index (κ3) is 3.29. The van der Waals surface area contributed by atoms with Crippen LogP contribution in [0.4, 0.5) is 0 Å². The molecule has 0 aromatic heterocycles. The van der Waals surface area contributed by atoms with Crippen LogP contribution in [0.15, 0.2) is 0 Å². The first kappa shape index (κ1) is 11.5.